The van der Waals surface area contributed by atoms with Crippen molar-refractivity contribution in [3.05, 3.63) is 0 Å². The molecule has 6 heteroatoms. The van der Waals surface area contributed by atoms with Crippen molar-refractivity contribution in [1.82, 2.24) is 4.31 Å². The molecule has 0 unspecified atom stereocenters. The third kappa shape index (κ3) is 4.20. The molecule has 0 aromatic carbocycles. The quantitative estimate of drug-likeness (QED) is 0.820. The number of sulfonamides is 1. The predicted octanol–water partition coefficient (Wildman–Crippen LogP) is 1.35. The Morgan fingerprint density at radius 2 is 1.81 bits per heavy atom. The van der Waals surface area contributed by atoms with Crippen LogP contribution in [0, 0.1) is 0 Å². The molecule has 0 aromatic rings. The third-order valence-corrected chi connectivity index (χ3v) is 5.05. The molecule has 2 N–H and O–H groups in total. The van der Waals surface area contributed by atoms with E-state index in [1.807, 2.05) is 6.92 Å². The van der Waals surface area contributed by atoms with Crippen LogP contribution in [0.15, 0.2) is 0 Å². The van der Waals surface area contributed by atoms with Gasteiger partial charge in [-0.25, -0.2) is 8.42 Å². The zero-order valence-electron chi connectivity index (χ0n) is 9.89. The van der Waals surface area contributed by atoms with Gasteiger partial charge >= 0.3 is 0 Å². The zero-order valence-corrected chi connectivity index (χ0v) is 11.5. The van der Waals surface area contributed by atoms with Crippen LogP contribution in [0.25, 0.3) is 0 Å². The first-order valence-corrected chi connectivity index (χ1v) is 7.42. The maximum atomic E-state index is 11.9. The van der Waals surface area contributed by atoms with Gasteiger partial charge in [0.05, 0.1) is 5.75 Å². The van der Waals surface area contributed by atoms with Gasteiger partial charge in [-0.15, -0.1) is 12.4 Å². The van der Waals surface area contributed by atoms with E-state index in [1.54, 1.807) is 4.31 Å². The standard InChI is InChI=1S/C10H22N2O2S.ClH/c1-2-12(15(13,14)9-8-11)10-6-4-3-5-7-10;/h10H,2-9,11H2,1H3;1H. The van der Waals surface area contributed by atoms with E-state index in [4.69, 9.17) is 5.73 Å². The monoisotopic (exact) mass is 270 g/mol. The summed E-state index contributed by atoms with van der Waals surface area (Å²) in [4.78, 5) is 0. The van der Waals surface area contributed by atoms with Gasteiger partial charge in [0.15, 0.2) is 0 Å². The molecular formula is C10H23ClN2O2S. The number of halogens is 1. The lowest BCUT2D eigenvalue weighted by molar-refractivity contribution is 0.261. The molecule has 0 heterocycles. The zero-order chi connectivity index (χ0) is 11.3. The van der Waals surface area contributed by atoms with Crippen molar-refractivity contribution in [2.45, 2.75) is 45.1 Å². The van der Waals surface area contributed by atoms with Crippen LogP contribution >= 0.6 is 12.4 Å². The summed E-state index contributed by atoms with van der Waals surface area (Å²) in [5.41, 5.74) is 5.33. The van der Waals surface area contributed by atoms with Gasteiger partial charge in [0, 0.05) is 19.1 Å². The molecule has 1 fully saturated rings. The second-order valence-electron chi connectivity index (χ2n) is 4.10. The Bertz CT molecular complexity index is 277. The minimum atomic E-state index is -3.11. The maximum Gasteiger partial charge on any atom is 0.215 e. The molecule has 0 aliphatic heterocycles. The Morgan fingerprint density at radius 1 is 1.25 bits per heavy atom. The van der Waals surface area contributed by atoms with Crippen molar-refractivity contribution in [1.29, 1.82) is 0 Å². The smallest absolute Gasteiger partial charge is 0.215 e. The molecule has 4 nitrogen and oxygen atoms in total. The van der Waals surface area contributed by atoms with Gasteiger partial charge in [-0.1, -0.05) is 26.2 Å². The fourth-order valence-electron chi connectivity index (χ4n) is 2.32. The van der Waals surface area contributed by atoms with E-state index in [0.29, 0.717) is 6.54 Å². The van der Waals surface area contributed by atoms with Crippen molar-refractivity contribution in [3.8, 4) is 0 Å². The summed E-state index contributed by atoms with van der Waals surface area (Å²) in [5, 5.41) is 0. The predicted molar refractivity (Wildman–Crippen MR) is 69.3 cm³/mol. The van der Waals surface area contributed by atoms with Gasteiger partial charge in [-0.2, -0.15) is 4.31 Å². The van der Waals surface area contributed by atoms with Crippen LogP contribution in [0.4, 0.5) is 0 Å². The number of hydrogen-bond acceptors (Lipinski definition) is 3. The lowest BCUT2D eigenvalue weighted by Gasteiger charge is -2.32. The lowest BCUT2D eigenvalue weighted by Crippen LogP contribution is -2.43. The Labute approximate surface area is 105 Å². The highest BCUT2D eigenvalue weighted by atomic mass is 35.5. The van der Waals surface area contributed by atoms with Gasteiger partial charge in [0.25, 0.3) is 0 Å². The molecule has 0 amide bonds. The van der Waals surface area contributed by atoms with E-state index >= 15 is 0 Å². The van der Waals surface area contributed by atoms with Crippen LogP contribution in [0.1, 0.15) is 39.0 Å². The van der Waals surface area contributed by atoms with Crippen LogP contribution in [0.2, 0.25) is 0 Å². The third-order valence-electron chi connectivity index (χ3n) is 3.03. The minimum absolute atomic E-state index is 0. The van der Waals surface area contributed by atoms with E-state index in [0.717, 1.165) is 25.7 Å². The Hall–Kier alpha value is 0.160. The minimum Gasteiger partial charge on any atom is -0.329 e. The molecular weight excluding hydrogens is 248 g/mol. The van der Waals surface area contributed by atoms with Crippen LogP contribution in [0.5, 0.6) is 0 Å². The summed E-state index contributed by atoms with van der Waals surface area (Å²) in [7, 11) is -3.11. The number of rotatable bonds is 5. The largest absolute Gasteiger partial charge is 0.329 e. The van der Waals surface area contributed by atoms with E-state index < -0.39 is 10.0 Å². The first-order chi connectivity index (χ1) is 7.11. The highest BCUT2D eigenvalue weighted by Gasteiger charge is 2.28. The molecule has 0 saturated heterocycles. The normalized spacial score (nSPS) is 18.4. The first-order valence-electron chi connectivity index (χ1n) is 5.81. The van der Waals surface area contributed by atoms with Crippen molar-refractivity contribution < 1.29 is 8.42 Å². The number of nitrogens with two attached hydrogens (primary N) is 1. The summed E-state index contributed by atoms with van der Waals surface area (Å²) in [5.74, 6) is 0.0807. The lowest BCUT2D eigenvalue weighted by atomic mass is 9.95. The van der Waals surface area contributed by atoms with Gasteiger partial charge in [0.2, 0.25) is 10.0 Å². The molecule has 16 heavy (non-hydrogen) atoms. The van der Waals surface area contributed by atoms with Gasteiger partial charge in [-0.05, 0) is 12.8 Å². The average Bonchev–Trinajstić information content (AvgIpc) is 2.19. The van der Waals surface area contributed by atoms with Crippen LogP contribution in [-0.2, 0) is 10.0 Å². The summed E-state index contributed by atoms with van der Waals surface area (Å²) in [6, 6.07) is 0.222. The van der Waals surface area contributed by atoms with Crippen molar-refractivity contribution in [2.24, 2.45) is 5.73 Å². The number of hydrogen-bond donors (Lipinski definition) is 1. The fraction of sp³-hybridized carbons (Fsp3) is 1.00. The van der Waals surface area contributed by atoms with E-state index in [9.17, 15) is 8.42 Å². The van der Waals surface area contributed by atoms with Crippen molar-refractivity contribution in [2.75, 3.05) is 18.8 Å². The molecule has 0 aromatic heterocycles. The van der Waals surface area contributed by atoms with E-state index in [2.05, 4.69) is 0 Å². The molecule has 1 saturated carbocycles. The first kappa shape index (κ1) is 16.2. The van der Waals surface area contributed by atoms with Crippen LogP contribution in [-0.4, -0.2) is 37.6 Å². The summed E-state index contributed by atoms with van der Waals surface area (Å²) in [6.07, 6.45) is 5.57. The SMILES string of the molecule is CCN(C1CCCCC1)S(=O)(=O)CCN.Cl. The molecule has 0 bridgehead atoms. The van der Waals surface area contributed by atoms with Gasteiger partial charge in [-0.3, -0.25) is 0 Å². The second-order valence-corrected chi connectivity index (χ2v) is 6.14. The molecule has 98 valence electrons. The molecule has 0 spiro atoms. The van der Waals surface area contributed by atoms with Crippen LogP contribution in [0.3, 0.4) is 0 Å². The van der Waals surface area contributed by atoms with Crippen molar-refractivity contribution in [3.63, 3.8) is 0 Å². The summed E-state index contributed by atoms with van der Waals surface area (Å²) in [6.45, 7) is 2.70. The molecule has 0 atom stereocenters. The van der Waals surface area contributed by atoms with Gasteiger partial charge in [0.1, 0.15) is 0 Å². The molecule has 1 rings (SSSR count). The average molecular weight is 271 g/mol. The molecule has 1 aliphatic rings. The Balaban J connectivity index is 0.00000225. The summed E-state index contributed by atoms with van der Waals surface area (Å²) < 4.78 is 25.5. The Morgan fingerprint density at radius 3 is 2.25 bits per heavy atom. The second kappa shape index (κ2) is 7.48. The topological polar surface area (TPSA) is 63.4 Å². The maximum absolute atomic E-state index is 11.9. The van der Waals surface area contributed by atoms with E-state index in [1.165, 1.54) is 6.42 Å². The summed E-state index contributed by atoms with van der Waals surface area (Å²) >= 11 is 0. The van der Waals surface area contributed by atoms with Gasteiger partial charge < -0.3 is 5.73 Å². The number of nitrogens with zero attached hydrogens (tertiary/aromatic N) is 1. The van der Waals surface area contributed by atoms with Crippen molar-refractivity contribution >= 4 is 22.4 Å². The highest BCUT2D eigenvalue weighted by Crippen LogP contribution is 2.24. The molecule has 0 radical (unpaired) electrons. The molecule has 1 aliphatic carbocycles. The van der Waals surface area contributed by atoms with E-state index in [-0.39, 0.29) is 30.7 Å². The Kier molecular flexibility index (Phi) is 7.55. The fourth-order valence-corrected chi connectivity index (χ4v) is 3.91. The van der Waals surface area contributed by atoms with Crippen LogP contribution < -0.4 is 5.73 Å². The highest BCUT2D eigenvalue weighted by molar-refractivity contribution is 7.89.